The molecule has 1 aromatic carbocycles. The molecule has 6 heteroatoms. The molecule has 0 aliphatic carbocycles. The monoisotopic (exact) mass is 329 g/mol. The molecule has 0 unspecified atom stereocenters. The Balaban J connectivity index is 2.40. The molecule has 1 aromatic heterocycles. The number of hydrogen-bond acceptors (Lipinski definition) is 3. The van der Waals surface area contributed by atoms with E-state index in [1.54, 1.807) is 12.3 Å². The van der Waals surface area contributed by atoms with Crippen molar-refractivity contribution in [3.05, 3.63) is 45.3 Å². The maximum Gasteiger partial charge on any atom is 0.133 e. The normalized spacial score (nSPS) is 10.4. The first kappa shape index (κ1) is 13.1. The maximum absolute atomic E-state index is 13.1. The molecule has 18 heavy (non-hydrogen) atoms. The molecule has 0 atom stereocenters. The van der Waals surface area contributed by atoms with Crippen LogP contribution in [0.2, 0.25) is 5.02 Å². The van der Waals surface area contributed by atoms with Crippen LogP contribution in [-0.4, -0.2) is 4.98 Å². The second-order valence-electron chi connectivity index (χ2n) is 3.80. The molecule has 3 nitrogen and oxygen atoms in total. The van der Waals surface area contributed by atoms with Gasteiger partial charge in [-0.1, -0.05) is 11.6 Å². The number of anilines is 3. The number of aryl methyl sites for hydroxylation is 1. The molecule has 0 fully saturated rings. The summed E-state index contributed by atoms with van der Waals surface area (Å²) >= 11 is 9.24. The van der Waals surface area contributed by atoms with Crippen LogP contribution < -0.4 is 11.1 Å². The van der Waals surface area contributed by atoms with Crippen molar-refractivity contribution in [1.82, 2.24) is 4.98 Å². The SMILES string of the molecule is Cc1cc(N)cnc1Nc1c(Cl)cc(F)cc1Br. The zero-order valence-corrected chi connectivity index (χ0v) is 11.8. The first-order chi connectivity index (χ1) is 8.47. The van der Waals surface area contributed by atoms with Gasteiger partial charge in [0.1, 0.15) is 11.6 Å². The molecule has 1 heterocycles. The molecular formula is C12H10BrClFN3. The molecule has 94 valence electrons. The fourth-order valence-electron chi connectivity index (χ4n) is 1.51. The molecule has 0 amide bonds. The van der Waals surface area contributed by atoms with E-state index in [2.05, 4.69) is 26.2 Å². The van der Waals surface area contributed by atoms with Gasteiger partial charge in [0.2, 0.25) is 0 Å². The zero-order valence-electron chi connectivity index (χ0n) is 9.47. The largest absolute Gasteiger partial charge is 0.397 e. The van der Waals surface area contributed by atoms with Crippen molar-refractivity contribution in [2.75, 3.05) is 11.1 Å². The number of hydrogen-bond donors (Lipinski definition) is 2. The molecule has 0 saturated carbocycles. The first-order valence-electron chi connectivity index (χ1n) is 5.11. The van der Waals surface area contributed by atoms with Gasteiger partial charge in [-0.2, -0.15) is 0 Å². The van der Waals surface area contributed by atoms with Gasteiger partial charge >= 0.3 is 0 Å². The highest BCUT2D eigenvalue weighted by molar-refractivity contribution is 9.10. The summed E-state index contributed by atoms with van der Waals surface area (Å²) in [5, 5.41) is 3.33. The van der Waals surface area contributed by atoms with Crippen molar-refractivity contribution in [2.45, 2.75) is 6.92 Å². The molecule has 0 radical (unpaired) electrons. The van der Waals surface area contributed by atoms with Crippen LogP contribution >= 0.6 is 27.5 Å². The third kappa shape index (κ3) is 2.73. The molecule has 3 N–H and O–H groups in total. The van der Waals surface area contributed by atoms with Crippen molar-refractivity contribution in [3.63, 3.8) is 0 Å². The van der Waals surface area contributed by atoms with E-state index in [0.29, 0.717) is 21.7 Å². The second-order valence-corrected chi connectivity index (χ2v) is 5.07. The highest BCUT2D eigenvalue weighted by Gasteiger charge is 2.10. The van der Waals surface area contributed by atoms with Crippen LogP contribution in [-0.2, 0) is 0 Å². The van der Waals surface area contributed by atoms with Crippen molar-refractivity contribution in [1.29, 1.82) is 0 Å². The van der Waals surface area contributed by atoms with E-state index in [4.69, 9.17) is 17.3 Å². The van der Waals surface area contributed by atoms with Crippen LogP contribution in [0.15, 0.2) is 28.9 Å². The van der Waals surface area contributed by atoms with Crippen LogP contribution in [0.1, 0.15) is 5.56 Å². The van der Waals surface area contributed by atoms with E-state index in [1.165, 1.54) is 12.1 Å². The summed E-state index contributed by atoms with van der Waals surface area (Å²) in [6, 6.07) is 4.36. The molecule has 0 spiro atoms. The summed E-state index contributed by atoms with van der Waals surface area (Å²) in [6.45, 7) is 1.87. The Morgan fingerprint density at radius 2 is 2.11 bits per heavy atom. The van der Waals surface area contributed by atoms with Gasteiger partial charge in [-0.3, -0.25) is 0 Å². The highest BCUT2D eigenvalue weighted by Crippen LogP contribution is 2.34. The average Bonchev–Trinajstić information content (AvgIpc) is 2.25. The fraction of sp³-hybridized carbons (Fsp3) is 0.0833. The lowest BCUT2D eigenvalue weighted by atomic mass is 10.2. The number of aromatic nitrogens is 1. The predicted molar refractivity (Wildman–Crippen MR) is 75.8 cm³/mol. The van der Waals surface area contributed by atoms with Crippen molar-refractivity contribution in [2.24, 2.45) is 0 Å². The lowest BCUT2D eigenvalue weighted by Crippen LogP contribution is -1.99. The summed E-state index contributed by atoms with van der Waals surface area (Å²) in [6.07, 6.45) is 1.54. The van der Waals surface area contributed by atoms with E-state index < -0.39 is 5.82 Å². The van der Waals surface area contributed by atoms with Crippen molar-refractivity contribution >= 4 is 44.7 Å². The second kappa shape index (κ2) is 5.12. The van der Waals surface area contributed by atoms with Gasteiger partial charge in [0, 0.05) is 4.47 Å². The number of benzene rings is 1. The van der Waals surface area contributed by atoms with Gasteiger partial charge in [-0.05, 0) is 46.6 Å². The van der Waals surface area contributed by atoms with Crippen LogP contribution in [0.25, 0.3) is 0 Å². The quantitative estimate of drug-likeness (QED) is 0.864. The smallest absolute Gasteiger partial charge is 0.133 e. The Labute approximate surface area is 117 Å². The zero-order chi connectivity index (χ0) is 13.3. The summed E-state index contributed by atoms with van der Waals surface area (Å²) in [5.74, 6) is 0.220. The maximum atomic E-state index is 13.1. The van der Waals surface area contributed by atoms with Crippen LogP contribution in [0, 0.1) is 12.7 Å². The molecule has 2 aromatic rings. The van der Waals surface area contributed by atoms with Crippen LogP contribution in [0.5, 0.6) is 0 Å². The third-order valence-corrected chi connectivity index (χ3v) is 3.27. The summed E-state index contributed by atoms with van der Waals surface area (Å²) < 4.78 is 13.6. The summed E-state index contributed by atoms with van der Waals surface area (Å²) in [4.78, 5) is 4.17. The minimum atomic E-state index is -0.403. The van der Waals surface area contributed by atoms with Gasteiger partial charge in [0.05, 0.1) is 22.6 Å². The number of rotatable bonds is 2. The lowest BCUT2D eigenvalue weighted by Gasteiger charge is -2.12. The lowest BCUT2D eigenvalue weighted by molar-refractivity contribution is 0.627. The Kier molecular flexibility index (Phi) is 3.73. The topological polar surface area (TPSA) is 50.9 Å². The standard InChI is InChI=1S/C12H10BrClFN3/c1-6-2-8(16)5-17-12(6)18-11-9(13)3-7(15)4-10(11)14/h2-5H,16H2,1H3,(H,17,18). The van der Waals surface area contributed by atoms with Crippen LogP contribution in [0.4, 0.5) is 21.6 Å². The van der Waals surface area contributed by atoms with E-state index in [-0.39, 0.29) is 5.02 Å². The minimum Gasteiger partial charge on any atom is -0.397 e. The molecule has 0 bridgehead atoms. The van der Waals surface area contributed by atoms with Gasteiger partial charge in [0.25, 0.3) is 0 Å². The Bertz CT molecular complexity index is 581. The molecule has 0 saturated heterocycles. The third-order valence-electron chi connectivity index (χ3n) is 2.35. The Morgan fingerprint density at radius 1 is 1.39 bits per heavy atom. The number of nitrogens with two attached hydrogens (primary N) is 1. The minimum absolute atomic E-state index is 0.278. The molecule has 2 rings (SSSR count). The number of pyridine rings is 1. The van der Waals surface area contributed by atoms with Gasteiger partial charge in [-0.15, -0.1) is 0 Å². The molecular weight excluding hydrogens is 321 g/mol. The van der Waals surface area contributed by atoms with E-state index in [1.807, 2.05) is 6.92 Å². The number of nitrogens with one attached hydrogen (secondary N) is 1. The Hall–Kier alpha value is -1.33. The van der Waals surface area contributed by atoms with Gasteiger partial charge in [-0.25, -0.2) is 9.37 Å². The summed E-state index contributed by atoms with van der Waals surface area (Å²) in [7, 11) is 0. The number of halogens is 3. The van der Waals surface area contributed by atoms with E-state index >= 15 is 0 Å². The average molecular weight is 331 g/mol. The Morgan fingerprint density at radius 3 is 2.72 bits per heavy atom. The van der Waals surface area contributed by atoms with Crippen molar-refractivity contribution in [3.8, 4) is 0 Å². The highest BCUT2D eigenvalue weighted by atomic mass is 79.9. The predicted octanol–water partition coefficient (Wildman–Crippen LogP) is 4.27. The number of nitrogens with zero attached hydrogens (tertiary/aromatic N) is 1. The fourth-order valence-corrected chi connectivity index (χ4v) is 2.41. The van der Waals surface area contributed by atoms with E-state index in [0.717, 1.165) is 5.56 Å². The first-order valence-corrected chi connectivity index (χ1v) is 6.28. The summed E-state index contributed by atoms with van der Waals surface area (Å²) in [5.41, 5.74) is 7.66. The molecule has 0 aliphatic heterocycles. The number of nitrogen functional groups attached to an aromatic ring is 1. The van der Waals surface area contributed by atoms with Gasteiger partial charge < -0.3 is 11.1 Å². The van der Waals surface area contributed by atoms with Crippen molar-refractivity contribution < 1.29 is 4.39 Å². The van der Waals surface area contributed by atoms with Crippen LogP contribution in [0.3, 0.4) is 0 Å². The molecule has 0 aliphatic rings. The van der Waals surface area contributed by atoms with Gasteiger partial charge in [0.15, 0.2) is 0 Å². The van der Waals surface area contributed by atoms with E-state index in [9.17, 15) is 4.39 Å².